The molecule has 1 aromatic heterocycles. The third-order valence-electron chi connectivity index (χ3n) is 8.44. The molecule has 5 aromatic rings. The molecule has 13 heteroatoms. The van der Waals surface area contributed by atoms with E-state index in [0.29, 0.717) is 35.0 Å². The van der Waals surface area contributed by atoms with E-state index in [-0.39, 0.29) is 53.0 Å². The fourth-order valence-electron chi connectivity index (χ4n) is 5.93. The number of esters is 1. The smallest absolute Gasteiger partial charge is 0.306 e. The minimum atomic E-state index is -0.942. The average Bonchev–Trinajstić information content (AvgIpc) is 3.36. The summed E-state index contributed by atoms with van der Waals surface area (Å²) in [6.07, 6.45) is 1.39. The number of fused-ring (bicyclic) bond motifs is 2. The average molecular weight is 723 g/mol. The Labute approximate surface area is 303 Å². The first kappa shape index (κ1) is 36.7. The summed E-state index contributed by atoms with van der Waals surface area (Å²) in [5.41, 5.74) is 0.509. The summed E-state index contributed by atoms with van der Waals surface area (Å²) >= 11 is 0. The summed E-state index contributed by atoms with van der Waals surface area (Å²) in [6, 6.07) is 20.4. The summed E-state index contributed by atoms with van der Waals surface area (Å²) in [5, 5.41) is 3.66. The predicted molar refractivity (Wildman–Crippen MR) is 190 cm³/mol. The molecule has 6 rings (SSSR count). The van der Waals surface area contributed by atoms with Crippen molar-refractivity contribution >= 4 is 34.6 Å². The Kier molecular flexibility index (Phi) is 10.6. The van der Waals surface area contributed by atoms with Gasteiger partial charge in [0.1, 0.15) is 29.7 Å². The lowest BCUT2D eigenvalue weighted by Gasteiger charge is -2.22. The van der Waals surface area contributed by atoms with Crippen molar-refractivity contribution < 1.29 is 37.5 Å². The number of aryl methyl sites for hydroxylation is 1. The van der Waals surface area contributed by atoms with Crippen LogP contribution in [0.5, 0.6) is 0 Å². The van der Waals surface area contributed by atoms with Crippen LogP contribution < -0.4 is 10.9 Å². The molecule has 1 atom stereocenters. The molecule has 0 aliphatic carbocycles. The highest BCUT2D eigenvalue weighted by Crippen LogP contribution is 2.25. The van der Waals surface area contributed by atoms with Gasteiger partial charge in [0.15, 0.2) is 0 Å². The van der Waals surface area contributed by atoms with Gasteiger partial charge in [-0.05, 0) is 106 Å². The minimum Gasteiger partial charge on any atom is -0.460 e. The molecule has 1 aliphatic heterocycles. The van der Waals surface area contributed by atoms with Crippen molar-refractivity contribution in [2.24, 2.45) is 0 Å². The molecule has 0 spiro atoms. The summed E-state index contributed by atoms with van der Waals surface area (Å²) in [4.78, 5) is 76.1. The standard InChI is InChI=1S/C40H36F2N4O7/c1-40(2,3)53-35(47)11-7-6-10-34-43-32-22-25(14-21-31(32)37(49)45(34)28-19-17-27(42)18-20-28)36(48)44-33(24-12-15-26(41)16-13-24)23-52-46-38(50)29-8-4-5-9-30(29)39(46)51/h4-5,8-9,12-22,33H,6-7,10-11,23H2,1-3H3,(H,44,48)/t33-/m0/s1. The van der Waals surface area contributed by atoms with E-state index in [9.17, 15) is 32.8 Å². The second-order valence-corrected chi connectivity index (χ2v) is 13.5. The molecular weight excluding hydrogens is 686 g/mol. The number of ether oxygens (including phenoxy) is 1. The van der Waals surface area contributed by atoms with Crippen molar-refractivity contribution in [3.63, 3.8) is 0 Å². The molecule has 1 aliphatic rings. The molecule has 0 saturated carbocycles. The quantitative estimate of drug-likeness (QED) is 0.0886. The van der Waals surface area contributed by atoms with E-state index in [2.05, 4.69) is 5.32 Å². The fourth-order valence-corrected chi connectivity index (χ4v) is 5.93. The Morgan fingerprint density at radius 3 is 2.08 bits per heavy atom. The number of halogens is 2. The molecule has 3 amide bonds. The van der Waals surface area contributed by atoms with Crippen molar-refractivity contribution in [2.75, 3.05) is 6.61 Å². The van der Waals surface area contributed by atoms with Gasteiger partial charge in [0.05, 0.1) is 33.8 Å². The van der Waals surface area contributed by atoms with Gasteiger partial charge in [0, 0.05) is 18.4 Å². The number of carbonyl (C=O) groups excluding carboxylic acids is 4. The number of nitrogens with zero attached hydrogens (tertiary/aromatic N) is 3. The van der Waals surface area contributed by atoms with E-state index in [0.717, 1.165) is 0 Å². The highest BCUT2D eigenvalue weighted by molar-refractivity contribution is 6.20. The number of hydrogen-bond donors (Lipinski definition) is 1. The third kappa shape index (κ3) is 8.36. The summed E-state index contributed by atoms with van der Waals surface area (Å²) in [5.74, 6) is -2.89. The fraction of sp³-hybridized carbons (Fsp3) is 0.250. The van der Waals surface area contributed by atoms with Crippen molar-refractivity contribution in [3.05, 3.63) is 141 Å². The lowest BCUT2D eigenvalue weighted by atomic mass is 10.1. The molecule has 0 saturated heterocycles. The van der Waals surface area contributed by atoms with Gasteiger partial charge in [-0.15, -0.1) is 5.06 Å². The van der Waals surface area contributed by atoms with Gasteiger partial charge in [-0.25, -0.2) is 13.8 Å². The second-order valence-electron chi connectivity index (χ2n) is 13.5. The summed E-state index contributed by atoms with van der Waals surface area (Å²) in [6.45, 7) is 5.00. The van der Waals surface area contributed by atoms with Crippen molar-refractivity contribution in [3.8, 4) is 5.69 Å². The van der Waals surface area contributed by atoms with Crippen LogP contribution in [0.2, 0.25) is 0 Å². The molecular formula is C40H36F2N4O7. The molecule has 11 nitrogen and oxygen atoms in total. The van der Waals surface area contributed by atoms with Crippen LogP contribution in [-0.4, -0.2) is 50.5 Å². The zero-order valence-electron chi connectivity index (χ0n) is 29.2. The van der Waals surface area contributed by atoms with Crippen molar-refractivity contribution in [2.45, 2.75) is 58.1 Å². The van der Waals surface area contributed by atoms with Crippen LogP contribution in [0.1, 0.15) is 88.5 Å². The molecule has 2 heterocycles. The molecule has 0 bridgehead atoms. The first-order chi connectivity index (χ1) is 25.3. The number of hydroxylamine groups is 2. The van der Waals surface area contributed by atoms with Crippen LogP contribution in [0.25, 0.3) is 16.6 Å². The zero-order valence-corrected chi connectivity index (χ0v) is 29.2. The molecule has 272 valence electrons. The number of hydrogen-bond acceptors (Lipinski definition) is 8. The van der Waals surface area contributed by atoms with E-state index in [1.165, 1.54) is 83.4 Å². The highest BCUT2D eigenvalue weighted by Gasteiger charge is 2.37. The summed E-state index contributed by atoms with van der Waals surface area (Å²) < 4.78 is 34.4. The van der Waals surface area contributed by atoms with E-state index in [1.54, 1.807) is 32.9 Å². The lowest BCUT2D eigenvalue weighted by Crippen LogP contribution is -2.37. The first-order valence-electron chi connectivity index (χ1n) is 17.0. The maximum atomic E-state index is 13.9. The first-order valence-corrected chi connectivity index (χ1v) is 17.0. The van der Waals surface area contributed by atoms with Crippen molar-refractivity contribution in [1.82, 2.24) is 19.9 Å². The van der Waals surface area contributed by atoms with Crippen LogP contribution in [0.15, 0.2) is 95.8 Å². The Morgan fingerprint density at radius 2 is 1.45 bits per heavy atom. The largest absolute Gasteiger partial charge is 0.460 e. The molecule has 4 aromatic carbocycles. The van der Waals surface area contributed by atoms with E-state index < -0.39 is 46.6 Å². The number of unbranched alkanes of at least 4 members (excludes halogenated alkanes) is 1. The van der Waals surface area contributed by atoms with Gasteiger partial charge in [-0.2, -0.15) is 0 Å². The van der Waals surface area contributed by atoms with Gasteiger partial charge in [-0.3, -0.25) is 33.4 Å². The minimum absolute atomic E-state index is 0.132. The van der Waals surface area contributed by atoms with Crippen LogP contribution in [-0.2, 0) is 20.8 Å². The Morgan fingerprint density at radius 1 is 0.830 bits per heavy atom. The van der Waals surface area contributed by atoms with Crippen LogP contribution in [0, 0.1) is 11.6 Å². The third-order valence-corrected chi connectivity index (χ3v) is 8.44. The molecule has 1 N–H and O–H groups in total. The number of rotatable bonds is 12. The second kappa shape index (κ2) is 15.3. The Balaban J connectivity index is 1.26. The molecule has 53 heavy (non-hydrogen) atoms. The summed E-state index contributed by atoms with van der Waals surface area (Å²) in [7, 11) is 0. The van der Waals surface area contributed by atoms with E-state index in [4.69, 9.17) is 14.6 Å². The number of aromatic nitrogens is 2. The highest BCUT2D eigenvalue weighted by atomic mass is 19.1. The number of carbonyl (C=O) groups is 4. The predicted octanol–water partition coefficient (Wildman–Crippen LogP) is 6.42. The monoisotopic (exact) mass is 722 g/mol. The maximum absolute atomic E-state index is 13.9. The van der Waals surface area contributed by atoms with Gasteiger partial charge in [0.2, 0.25) is 0 Å². The Bertz CT molecular complexity index is 2230. The van der Waals surface area contributed by atoms with Gasteiger partial charge in [0.25, 0.3) is 23.3 Å². The van der Waals surface area contributed by atoms with Crippen LogP contribution in [0.3, 0.4) is 0 Å². The maximum Gasteiger partial charge on any atom is 0.306 e. The number of nitrogens with one attached hydrogen (secondary N) is 1. The number of amides is 3. The zero-order chi connectivity index (χ0) is 37.9. The van der Waals surface area contributed by atoms with Gasteiger partial charge < -0.3 is 10.1 Å². The van der Waals surface area contributed by atoms with Gasteiger partial charge in [-0.1, -0.05) is 24.3 Å². The SMILES string of the molecule is CC(C)(C)OC(=O)CCCCc1nc2cc(C(=O)N[C@@H](CON3C(=O)c4ccccc4C3=O)c3ccc(F)cc3)ccc2c(=O)n1-c1ccc(F)cc1. The molecule has 0 fully saturated rings. The van der Waals surface area contributed by atoms with Crippen molar-refractivity contribution in [1.29, 1.82) is 0 Å². The molecule has 0 radical (unpaired) electrons. The van der Waals surface area contributed by atoms with E-state index in [1.807, 2.05) is 0 Å². The molecule has 0 unspecified atom stereocenters. The number of benzene rings is 4. The lowest BCUT2D eigenvalue weighted by molar-refractivity contribution is -0.154. The normalized spacial score (nSPS) is 13.3. The van der Waals surface area contributed by atoms with Crippen LogP contribution in [0.4, 0.5) is 8.78 Å². The van der Waals surface area contributed by atoms with Crippen LogP contribution >= 0.6 is 0 Å². The number of imide groups is 1. The van der Waals surface area contributed by atoms with Gasteiger partial charge >= 0.3 is 5.97 Å². The Hall–Kier alpha value is -6.08. The topological polar surface area (TPSA) is 137 Å². The van der Waals surface area contributed by atoms with E-state index >= 15 is 0 Å².